The van der Waals surface area contributed by atoms with Gasteiger partial charge in [-0.15, -0.1) is 11.3 Å². The van der Waals surface area contributed by atoms with E-state index < -0.39 is 0 Å². The fraction of sp³-hybridized carbons (Fsp3) is 0.231. The third-order valence-electron chi connectivity index (χ3n) is 2.58. The van der Waals surface area contributed by atoms with Crippen LogP contribution in [0.5, 0.6) is 0 Å². The van der Waals surface area contributed by atoms with Gasteiger partial charge in [0.25, 0.3) is 0 Å². The normalized spacial score (nSPS) is 12.7. The van der Waals surface area contributed by atoms with Crippen LogP contribution in [-0.2, 0) is 0 Å². The summed E-state index contributed by atoms with van der Waals surface area (Å²) in [5, 5.41) is 0.777. The third-order valence-corrected chi connectivity index (χ3v) is 4.18. The minimum absolute atomic E-state index is 0.429. The van der Waals surface area contributed by atoms with Gasteiger partial charge in [0.2, 0.25) is 0 Å². The van der Waals surface area contributed by atoms with E-state index in [9.17, 15) is 0 Å². The highest BCUT2D eigenvalue weighted by Crippen LogP contribution is 2.32. The van der Waals surface area contributed by atoms with Crippen molar-refractivity contribution >= 4 is 22.9 Å². The van der Waals surface area contributed by atoms with Gasteiger partial charge >= 0.3 is 0 Å². The molecule has 1 aromatic carbocycles. The second kappa shape index (κ2) is 5.00. The van der Waals surface area contributed by atoms with E-state index in [0.29, 0.717) is 12.5 Å². The number of hydrogen-bond donors (Lipinski definition) is 1. The lowest BCUT2D eigenvalue weighted by Gasteiger charge is -2.03. The zero-order chi connectivity index (χ0) is 11.5. The van der Waals surface area contributed by atoms with Gasteiger partial charge in [-0.3, -0.25) is 0 Å². The van der Waals surface area contributed by atoms with Crippen molar-refractivity contribution in [1.29, 1.82) is 0 Å². The van der Waals surface area contributed by atoms with Crippen molar-refractivity contribution in [2.45, 2.75) is 12.8 Å². The molecule has 1 heterocycles. The summed E-state index contributed by atoms with van der Waals surface area (Å²) in [4.78, 5) is 2.58. The van der Waals surface area contributed by atoms with Crippen molar-refractivity contribution in [3.8, 4) is 10.4 Å². The average molecular weight is 252 g/mol. The molecule has 0 bridgehead atoms. The quantitative estimate of drug-likeness (QED) is 0.872. The van der Waals surface area contributed by atoms with Crippen molar-refractivity contribution in [2.24, 2.45) is 5.73 Å². The van der Waals surface area contributed by atoms with Crippen LogP contribution in [0.1, 0.15) is 17.7 Å². The molecule has 0 radical (unpaired) electrons. The highest BCUT2D eigenvalue weighted by atomic mass is 35.5. The largest absolute Gasteiger partial charge is 0.330 e. The molecule has 2 rings (SSSR count). The topological polar surface area (TPSA) is 26.0 Å². The second-order valence-electron chi connectivity index (χ2n) is 3.85. The van der Waals surface area contributed by atoms with Gasteiger partial charge in [-0.25, -0.2) is 0 Å². The Hall–Kier alpha value is -0.830. The highest BCUT2D eigenvalue weighted by Gasteiger charge is 2.08. The molecule has 0 amide bonds. The molecule has 1 nitrogen and oxygen atoms in total. The van der Waals surface area contributed by atoms with E-state index in [4.69, 9.17) is 17.3 Å². The highest BCUT2D eigenvalue weighted by molar-refractivity contribution is 7.15. The number of halogens is 1. The minimum atomic E-state index is 0.429. The maximum Gasteiger partial charge on any atom is 0.0412 e. The maximum absolute atomic E-state index is 5.98. The van der Waals surface area contributed by atoms with E-state index in [1.165, 1.54) is 15.3 Å². The Bertz CT molecular complexity index is 478. The Labute approximate surface area is 105 Å². The predicted molar refractivity (Wildman–Crippen MR) is 72.2 cm³/mol. The first-order valence-electron chi connectivity index (χ1n) is 5.26. The van der Waals surface area contributed by atoms with Crippen molar-refractivity contribution in [3.63, 3.8) is 0 Å². The lowest BCUT2D eigenvalue weighted by molar-refractivity contribution is 0.790. The van der Waals surface area contributed by atoms with E-state index in [2.05, 4.69) is 25.1 Å². The van der Waals surface area contributed by atoms with Gasteiger partial charge in [0.15, 0.2) is 0 Å². The van der Waals surface area contributed by atoms with Gasteiger partial charge in [-0.05, 0) is 36.4 Å². The molecule has 0 saturated heterocycles. The van der Waals surface area contributed by atoms with Crippen LogP contribution in [0.25, 0.3) is 10.4 Å². The molecule has 0 aliphatic rings. The zero-order valence-electron chi connectivity index (χ0n) is 9.11. The SMILES string of the molecule is CC(CN)c1ccc(-c2cccc(Cl)c2)s1. The molecule has 1 aromatic heterocycles. The molecule has 0 spiro atoms. The van der Waals surface area contributed by atoms with Gasteiger partial charge in [0, 0.05) is 20.7 Å². The first-order valence-corrected chi connectivity index (χ1v) is 6.46. The van der Waals surface area contributed by atoms with E-state index in [1.54, 1.807) is 11.3 Å². The third kappa shape index (κ3) is 2.46. The Morgan fingerprint density at radius 3 is 2.81 bits per heavy atom. The summed E-state index contributed by atoms with van der Waals surface area (Å²) in [6.45, 7) is 2.84. The van der Waals surface area contributed by atoms with E-state index in [1.807, 2.05) is 18.2 Å². The van der Waals surface area contributed by atoms with Crippen LogP contribution >= 0.6 is 22.9 Å². The van der Waals surface area contributed by atoms with Gasteiger partial charge in [-0.2, -0.15) is 0 Å². The molecule has 0 fully saturated rings. The molecule has 2 aromatic rings. The summed E-state index contributed by atoms with van der Waals surface area (Å²) in [5.74, 6) is 0.429. The summed E-state index contributed by atoms with van der Waals surface area (Å²) in [5.41, 5.74) is 6.84. The maximum atomic E-state index is 5.98. The van der Waals surface area contributed by atoms with Gasteiger partial charge < -0.3 is 5.73 Å². The number of thiophene rings is 1. The summed E-state index contributed by atoms with van der Waals surface area (Å²) in [7, 11) is 0. The standard InChI is InChI=1S/C13H14ClNS/c1-9(8-15)12-5-6-13(16-12)10-3-2-4-11(14)7-10/h2-7,9H,8,15H2,1H3. The van der Waals surface area contributed by atoms with Gasteiger partial charge in [-0.1, -0.05) is 30.7 Å². The van der Waals surface area contributed by atoms with Crippen molar-refractivity contribution < 1.29 is 0 Å². The lowest BCUT2D eigenvalue weighted by Crippen LogP contribution is -2.06. The van der Waals surface area contributed by atoms with Crippen LogP contribution in [0.3, 0.4) is 0 Å². The number of benzene rings is 1. The molecule has 1 atom stereocenters. The molecular formula is C13H14ClNS. The summed E-state index contributed by atoms with van der Waals surface area (Å²) in [6, 6.07) is 12.2. The monoisotopic (exact) mass is 251 g/mol. The van der Waals surface area contributed by atoms with Crippen LogP contribution in [-0.4, -0.2) is 6.54 Å². The zero-order valence-corrected chi connectivity index (χ0v) is 10.7. The second-order valence-corrected chi connectivity index (χ2v) is 5.40. The Morgan fingerprint density at radius 2 is 2.12 bits per heavy atom. The number of nitrogens with two attached hydrogens (primary N) is 1. The molecular weight excluding hydrogens is 238 g/mol. The van der Waals surface area contributed by atoms with Crippen LogP contribution in [0.4, 0.5) is 0 Å². The summed E-state index contributed by atoms with van der Waals surface area (Å²) < 4.78 is 0. The molecule has 1 unspecified atom stereocenters. The Morgan fingerprint density at radius 1 is 1.31 bits per heavy atom. The first-order chi connectivity index (χ1) is 7.70. The smallest absolute Gasteiger partial charge is 0.0412 e. The molecule has 3 heteroatoms. The van der Waals surface area contributed by atoms with E-state index in [-0.39, 0.29) is 0 Å². The van der Waals surface area contributed by atoms with Crippen molar-refractivity contribution in [3.05, 3.63) is 46.3 Å². The van der Waals surface area contributed by atoms with E-state index in [0.717, 1.165) is 5.02 Å². The number of hydrogen-bond acceptors (Lipinski definition) is 2. The molecule has 16 heavy (non-hydrogen) atoms. The van der Waals surface area contributed by atoms with Crippen molar-refractivity contribution in [1.82, 2.24) is 0 Å². The first kappa shape index (κ1) is 11.6. The number of rotatable bonds is 3. The van der Waals surface area contributed by atoms with E-state index >= 15 is 0 Å². The molecule has 0 saturated carbocycles. The average Bonchev–Trinajstić information content (AvgIpc) is 2.77. The van der Waals surface area contributed by atoms with Crippen LogP contribution < -0.4 is 5.73 Å². The predicted octanol–water partition coefficient (Wildman–Crippen LogP) is 4.13. The fourth-order valence-electron chi connectivity index (χ4n) is 1.53. The summed E-state index contributed by atoms with van der Waals surface area (Å²) >= 11 is 7.76. The molecule has 2 N–H and O–H groups in total. The minimum Gasteiger partial charge on any atom is -0.330 e. The van der Waals surface area contributed by atoms with Gasteiger partial charge in [0.1, 0.15) is 0 Å². The fourth-order valence-corrected chi connectivity index (χ4v) is 2.79. The molecule has 84 valence electrons. The molecule has 0 aliphatic heterocycles. The lowest BCUT2D eigenvalue weighted by atomic mass is 10.1. The Kier molecular flexibility index (Phi) is 3.64. The van der Waals surface area contributed by atoms with Crippen LogP contribution in [0, 0.1) is 0 Å². The van der Waals surface area contributed by atoms with Gasteiger partial charge in [0.05, 0.1) is 0 Å². The van der Waals surface area contributed by atoms with Crippen LogP contribution in [0.2, 0.25) is 5.02 Å². The molecule has 0 aliphatic carbocycles. The van der Waals surface area contributed by atoms with Crippen LogP contribution in [0.15, 0.2) is 36.4 Å². The summed E-state index contributed by atoms with van der Waals surface area (Å²) in [6.07, 6.45) is 0. The Balaban J connectivity index is 2.31. The van der Waals surface area contributed by atoms with Crippen molar-refractivity contribution in [2.75, 3.05) is 6.54 Å².